The van der Waals surface area contributed by atoms with Gasteiger partial charge in [0.15, 0.2) is 0 Å². The average molecular weight is 376 g/mol. The molecule has 28 heavy (non-hydrogen) atoms. The minimum atomic E-state index is -0.328. The molecular formula is C22H24N4O2. The summed E-state index contributed by atoms with van der Waals surface area (Å²) in [6, 6.07) is 16.1. The molecule has 3 heterocycles. The Morgan fingerprint density at radius 2 is 1.71 bits per heavy atom. The molecule has 2 aromatic heterocycles. The number of carbonyl (C=O) groups excluding carboxylic acids is 1. The maximum Gasteiger partial charge on any atom is 0.339 e. The minimum Gasteiger partial charge on any atom is -0.462 e. The monoisotopic (exact) mass is 376 g/mol. The number of rotatable bonds is 4. The molecule has 0 N–H and O–H groups in total. The number of aromatic nitrogens is 2. The normalized spacial score (nSPS) is 14.8. The predicted molar refractivity (Wildman–Crippen MR) is 111 cm³/mol. The number of esters is 1. The number of fused-ring (bicyclic) bond motifs is 1. The summed E-state index contributed by atoms with van der Waals surface area (Å²) in [5.41, 5.74) is 1.51. The van der Waals surface area contributed by atoms with E-state index in [0.717, 1.165) is 55.1 Å². The summed E-state index contributed by atoms with van der Waals surface area (Å²) >= 11 is 0. The van der Waals surface area contributed by atoms with Crippen molar-refractivity contribution >= 4 is 28.5 Å². The second-order valence-electron chi connectivity index (χ2n) is 6.82. The summed E-state index contributed by atoms with van der Waals surface area (Å²) in [6.45, 7) is 5.80. The summed E-state index contributed by atoms with van der Waals surface area (Å²) in [5.74, 6) is 1.58. The van der Waals surface area contributed by atoms with Crippen molar-refractivity contribution in [1.29, 1.82) is 0 Å². The molecule has 3 aromatic rings. The zero-order valence-corrected chi connectivity index (χ0v) is 16.0. The van der Waals surface area contributed by atoms with Gasteiger partial charge in [0.25, 0.3) is 0 Å². The fourth-order valence-corrected chi connectivity index (χ4v) is 3.52. The van der Waals surface area contributed by atoms with Gasteiger partial charge in [-0.1, -0.05) is 18.2 Å². The molecule has 1 aromatic carbocycles. The van der Waals surface area contributed by atoms with Crippen molar-refractivity contribution in [3.8, 4) is 0 Å². The van der Waals surface area contributed by atoms with Crippen LogP contribution in [0.25, 0.3) is 10.9 Å². The lowest BCUT2D eigenvalue weighted by molar-refractivity contribution is 0.0526. The van der Waals surface area contributed by atoms with Crippen LogP contribution in [0.3, 0.4) is 0 Å². The third kappa shape index (κ3) is 3.91. The van der Waals surface area contributed by atoms with Crippen LogP contribution in [0.4, 0.5) is 11.6 Å². The predicted octanol–water partition coefficient (Wildman–Crippen LogP) is 3.52. The fraction of sp³-hybridized carbons (Fsp3) is 0.318. The van der Waals surface area contributed by atoms with E-state index < -0.39 is 0 Å². The lowest BCUT2D eigenvalue weighted by Gasteiger charge is -2.23. The number of hydrogen-bond donors (Lipinski definition) is 0. The third-order valence-corrected chi connectivity index (χ3v) is 4.99. The van der Waals surface area contributed by atoms with Crippen LogP contribution in [-0.2, 0) is 4.74 Å². The highest BCUT2D eigenvalue weighted by Gasteiger charge is 2.18. The van der Waals surface area contributed by atoms with E-state index in [4.69, 9.17) is 9.72 Å². The molecular weight excluding hydrogens is 352 g/mol. The molecule has 6 heteroatoms. The van der Waals surface area contributed by atoms with Crippen LogP contribution < -0.4 is 9.80 Å². The first kappa shape index (κ1) is 18.2. The smallest absolute Gasteiger partial charge is 0.339 e. The topological polar surface area (TPSA) is 58.6 Å². The molecule has 1 fully saturated rings. The Morgan fingerprint density at radius 1 is 0.964 bits per heavy atom. The maximum atomic E-state index is 11.8. The highest BCUT2D eigenvalue weighted by molar-refractivity contribution is 5.89. The van der Waals surface area contributed by atoms with Crippen molar-refractivity contribution in [3.05, 3.63) is 60.3 Å². The first-order valence-corrected chi connectivity index (χ1v) is 9.73. The van der Waals surface area contributed by atoms with Crippen LogP contribution >= 0.6 is 0 Å². The highest BCUT2D eigenvalue weighted by Crippen LogP contribution is 2.21. The van der Waals surface area contributed by atoms with E-state index in [2.05, 4.69) is 39.0 Å². The first-order valence-electron chi connectivity index (χ1n) is 9.73. The largest absolute Gasteiger partial charge is 0.462 e. The molecule has 0 saturated carbocycles. The van der Waals surface area contributed by atoms with Crippen molar-refractivity contribution in [3.63, 3.8) is 0 Å². The van der Waals surface area contributed by atoms with Crippen molar-refractivity contribution in [2.24, 2.45) is 0 Å². The van der Waals surface area contributed by atoms with Crippen molar-refractivity contribution in [1.82, 2.24) is 9.97 Å². The van der Waals surface area contributed by atoms with Gasteiger partial charge in [0, 0.05) is 37.8 Å². The molecule has 1 aliphatic heterocycles. The van der Waals surface area contributed by atoms with Crippen LogP contribution in [0.15, 0.2) is 54.7 Å². The number of pyridine rings is 2. The molecule has 1 aliphatic rings. The maximum absolute atomic E-state index is 11.8. The van der Waals surface area contributed by atoms with Crippen molar-refractivity contribution in [2.45, 2.75) is 13.3 Å². The number of para-hydroxylation sites is 1. The van der Waals surface area contributed by atoms with E-state index in [9.17, 15) is 4.79 Å². The van der Waals surface area contributed by atoms with Crippen molar-refractivity contribution in [2.75, 3.05) is 42.6 Å². The van der Waals surface area contributed by atoms with E-state index in [1.54, 1.807) is 19.2 Å². The summed E-state index contributed by atoms with van der Waals surface area (Å²) < 4.78 is 5.02. The molecule has 4 rings (SSSR count). The lowest BCUT2D eigenvalue weighted by Crippen LogP contribution is -2.31. The van der Waals surface area contributed by atoms with E-state index in [-0.39, 0.29) is 5.97 Å². The Hall–Kier alpha value is -3.15. The molecule has 0 radical (unpaired) electrons. The van der Waals surface area contributed by atoms with Gasteiger partial charge in [0.2, 0.25) is 0 Å². The van der Waals surface area contributed by atoms with Gasteiger partial charge in [-0.3, -0.25) is 0 Å². The Bertz CT molecular complexity index is 958. The molecule has 0 bridgehead atoms. The molecule has 0 amide bonds. The molecule has 6 nitrogen and oxygen atoms in total. The SMILES string of the molecule is CCOC(=O)c1ccc(N2CCCN(c3ccc4ccccc4n3)CC2)nc1. The van der Waals surface area contributed by atoms with Gasteiger partial charge < -0.3 is 14.5 Å². The first-order chi connectivity index (χ1) is 13.7. The Labute approximate surface area is 164 Å². The summed E-state index contributed by atoms with van der Waals surface area (Å²) in [6.07, 6.45) is 2.62. The lowest BCUT2D eigenvalue weighted by atomic mass is 10.2. The van der Waals surface area contributed by atoms with Gasteiger partial charge in [0.05, 0.1) is 17.7 Å². The van der Waals surface area contributed by atoms with Crippen LogP contribution in [0, 0.1) is 0 Å². The van der Waals surface area contributed by atoms with E-state index in [0.29, 0.717) is 12.2 Å². The van der Waals surface area contributed by atoms with Gasteiger partial charge in [-0.2, -0.15) is 0 Å². The van der Waals surface area contributed by atoms with E-state index in [1.807, 2.05) is 18.2 Å². The summed E-state index contributed by atoms with van der Waals surface area (Å²) in [7, 11) is 0. The molecule has 0 atom stereocenters. The minimum absolute atomic E-state index is 0.328. The number of hydrogen-bond acceptors (Lipinski definition) is 6. The number of benzene rings is 1. The highest BCUT2D eigenvalue weighted by atomic mass is 16.5. The number of ether oxygens (including phenoxy) is 1. The summed E-state index contributed by atoms with van der Waals surface area (Å²) in [4.78, 5) is 25.7. The van der Waals surface area contributed by atoms with Crippen LogP contribution in [0.2, 0.25) is 0 Å². The van der Waals surface area contributed by atoms with Gasteiger partial charge in [-0.05, 0) is 43.7 Å². The molecule has 144 valence electrons. The third-order valence-electron chi connectivity index (χ3n) is 4.99. The number of anilines is 2. The zero-order valence-electron chi connectivity index (χ0n) is 16.0. The second-order valence-corrected chi connectivity index (χ2v) is 6.82. The molecule has 0 aliphatic carbocycles. The second kappa shape index (κ2) is 8.25. The fourth-order valence-electron chi connectivity index (χ4n) is 3.52. The standard InChI is InChI=1S/C22H24N4O2/c1-2-28-22(27)18-9-10-20(23-16-18)25-12-5-13-26(15-14-25)21-11-8-17-6-3-4-7-19(17)24-21/h3-4,6-11,16H,2,5,12-15H2,1H3. The zero-order chi connectivity index (χ0) is 19.3. The van der Waals surface area contributed by atoms with E-state index in [1.165, 1.54) is 0 Å². The van der Waals surface area contributed by atoms with Crippen molar-refractivity contribution < 1.29 is 9.53 Å². The molecule has 1 saturated heterocycles. The van der Waals surface area contributed by atoms with Gasteiger partial charge in [-0.15, -0.1) is 0 Å². The Morgan fingerprint density at radius 3 is 2.46 bits per heavy atom. The number of nitrogens with zero attached hydrogens (tertiary/aromatic N) is 4. The molecule has 0 spiro atoms. The van der Waals surface area contributed by atoms with Gasteiger partial charge >= 0.3 is 5.97 Å². The average Bonchev–Trinajstić information content (AvgIpc) is 3.00. The Kier molecular flexibility index (Phi) is 5.37. The quantitative estimate of drug-likeness (QED) is 0.650. The van der Waals surface area contributed by atoms with Crippen LogP contribution in [0.5, 0.6) is 0 Å². The van der Waals surface area contributed by atoms with Gasteiger partial charge in [-0.25, -0.2) is 14.8 Å². The summed E-state index contributed by atoms with van der Waals surface area (Å²) in [5, 5.41) is 1.16. The Balaban J connectivity index is 1.45. The van der Waals surface area contributed by atoms with E-state index >= 15 is 0 Å². The van der Waals surface area contributed by atoms with Gasteiger partial charge in [0.1, 0.15) is 11.6 Å². The number of carbonyl (C=O) groups is 1. The van der Waals surface area contributed by atoms with Crippen LogP contribution in [0.1, 0.15) is 23.7 Å². The van der Waals surface area contributed by atoms with Crippen LogP contribution in [-0.4, -0.2) is 48.7 Å². The molecule has 0 unspecified atom stereocenters.